The van der Waals surface area contributed by atoms with E-state index in [1.54, 1.807) is 13.0 Å². The molecule has 0 saturated carbocycles. The molecule has 141 heavy (non-hydrogen) atoms. The molecule has 0 spiro atoms. The molecule has 6 heterocycles. The van der Waals surface area contributed by atoms with Crippen LogP contribution in [0.3, 0.4) is 0 Å². The van der Waals surface area contributed by atoms with Crippen LogP contribution < -0.4 is 23.7 Å². The summed E-state index contributed by atoms with van der Waals surface area (Å²) in [6.45, 7) is 25.9. The first-order valence-corrected chi connectivity index (χ1v) is 55.2. The van der Waals surface area contributed by atoms with Gasteiger partial charge in [0.05, 0.1) is 113 Å². The Morgan fingerprint density at radius 2 is 0.674 bits per heavy atom. The van der Waals surface area contributed by atoms with Crippen molar-refractivity contribution in [2.75, 3.05) is 50.7 Å². The number of fused-ring (bicyclic) bond motifs is 1. The number of rotatable bonds is 28. The average molecular weight is 2360 g/mol. The van der Waals surface area contributed by atoms with Crippen molar-refractivity contribution in [2.24, 2.45) is 23.7 Å². The number of aliphatic hydroxyl groups is 5. The lowest BCUT2D eigenvalue weighted by Gasteiger charge is -2.47. The van der Waals surface area contributed by atoms with Gasteiger partial charge >= 0.3 is 0 Å². The molecule has 756 valence electrons. The fourth-order valence-electron chi connectivity index (χ4n) is 19.0. The Balaban J connectivity index is 0.000000149. The Hall–Kier alpha value is -6.42. The Morgan fingerprint density at radius 3 is 1.04 bits per heavy atom. The quantitative estimate of drug-likeness (QED) is 0.0228. The Labute approximate surface area is 899 Å². The molecular formula is C116H134Cl5I3O17. The fraction of sp³-hybridized carbons (Fsp3) is 0.431. The molecule has 17 rings (SSSR count). The largest absolute Gasteiger partial charge is 0.494 e. The number of hydrogen-bond acceptors (Lipinski definition) is 17. The minimum absolute atomic E-state index is 0.0685. The third-order valence-electron chi connectivity index (χ3n) is 26.7. The molecule has 0 aliphatic carbocycles. The van der Waals surface area contributed by atoms with Gasteiger partial charge in [-0.25, -0.2) is 0 Å². The molecular weight excluding hydrogens is 2220 g/mol. The number of hydrogen-bond donors (Lipinski definition) is 5. The maximum Gasteiger partial charge on any atom is 0.184 e. The van der Waals surface area contributed by atoms with E-state index in [4.69, 9.17) is 115 Å². The molecule has 0 bridgehead atoms. The van der Waals surface area contributed by atoms with Crippen LogP contribution in [-0.2, 0) is 65.3 Å². The number of ether oxygens (including phenoxy) is 12. The van der Waals surface area contributed by atoms with Crippen LogP contribution in [0.5, 0.6) is 28.7 Å². The van der Waals surface area contributed by atoms with Crippen LogP contribution in [0.1, 0.15) is 228 Å². The molecule has 0 radical (unpaired) electrons. The summed E-state index contributed by atoms with van der Waals surface area (Å²) in [6.07, 6.45) is 2.49. The van der Waals surface area contributed by atoms with Crippen LogP contribution in [0.2, 0.25) is 25.1 Å². The fourth-order valence-corrected chi connectivity index (χ4v) is 24.4. The summed E-state index contributed by atoms with van der Waals surface area (Å²) in [6, 6.07) is 80.5. The highest BCUT2D eigenvalue weighted by molar-refractivity contribution is 14.1. The lowest BCUT2D eigenvalue weighted by atomic mass is 9.84. The highest BCUT2D eigenvalue weighted by atomic mass is 127. The van der Waals surface area contributed by atoms with Gasteiger partial charge in [0.1, 0.15) is 53.2 Å². The van der Waals surface area contributed by atoms with Gasteiger partial charge in [-0.15, -0.1) is 0 Å². The second-order valence-corrected chi connectivity index (χ2v) is 43.1. The minimum Gasteiger partial charge on any atom is -0.494 e. The van der Waals surface area contributed by atoms with E-state index in [0.29, 0.717) is 101 Å². The van der Waals surface area contributed by atoms with E-state index < -0.39 is 48.8 Å². The van der Waals surface area contributed by atoms with E-state index >= 15 is 0 Å². The van der Waals surface area contributed by atoms with Crippen molar-refractivity contribution in [1.29, 1.82) is 0 Å². The molecule has 17 nitrogen and oxygen atoms in total. The predicted octanol–water partition coefficient (Wildman–Crippen LogP) is 27.6. The van der Waals surface area contributed by atoms with Gasteiger partial charge in [-0.2, -0.15) is 0 Å². The number of halogens is 8. The highest BCUT2D eigenvalue weighted by Crippen LogP contribution is 2.48. The molecule has 6 aliphatic rings. The van der Waals surface area contributed by atoms with Crippen LogP contribution >= 0.6 is 126 Å². The van der Waals surface area contributed by atoms with Crippen molar-refractivity contribution in [2.45, 2.75) is 240 Å². The van der Waals surface area contributed by atoms with Crippen molar-refractivity contribution in [3.63, 3.8) is 0 Å². The first-order chi connectivity index (χ1) is 68.0. The van der Waals surface area contributed by atoms with Gasteiger partial charge in [0.15, 0.2) is 6.29 Å². The molecule has 11 aromatic rings. The van der Waals surface area contributed by atoms with E-state index in [1.807, 2.05) is 218 Å². The van der Waals surface area contributed by atoms with Gasteiger partial charge < -0.3 is 82.4 Å². The maximum absolute atomic E-state index is 11.2. The summed E-state index contributed by atoms with van der Waals surface area (Å²) in [5, 5.41) is 55.2. The first kappa shape index (κ1) is 112. The van der Waals surface area contributed by atoms with Crippen molar-refractivity contribution >= 4 is 126 Å². The highest BCUT2D eigenvalue weighted by Gasteiger charge is 2.49. The van der Waals surface area contributed by atoms with Crippen molar-refractivity contribution in [3.8, 4) is 28.7 Å². The lowest BCUT2D eigenvalue weighted by molar-refractivity contribution is -0.318. The number of alkyl halides is 3. The van der Waals surface area contributed by atoms with Gasteiger partial charge in [-0.3, -0.25) is 0 Å². The van der Waals surface area contributed by atoms with Crippen LogP contribution in [0.25, 0.3) is 0 Å². The van der Waals surface area contributed by atoms with Crippen molar-refractivity contribution < 1.29 is 82.4 Å². The van der Waals surface area contributed by atoms with E-state index in [-0.39, 0.29) is 61.4 Å². The smallest absolute Gasteiger partial charge is 0.184 e. The molecule has 5 N–H and O–H groups in total. The zero-order valence-electron chi connectivity index (χ0n) is 82.0. The minimum atomic E-state index is -0.910. The second-order valence-electron chi connectivity index (χ2n) is 37.3. The zero-order chi connectivity index (χ0) is 101. The van der Waals surface area contributed by atoms with Crippen LogP contribution in [-0.4, -0.2) is 145 Å². The number of benzene rings is 11. The first-order valence-electron chi connectivity index (χ1n) is 49.3. The molecule has 22 unspecified atom stereocenters. The van der Waals surface area contributed by atoms with Crippen molar-refractivity contribution in [1.82, 2.24) is 0 Å². The molecule has 0 amide bonds. The summed E-state index contributed by atoms with van der Waals surface area (Å²) in [5.74, 6) is 5.12. The van der Waals surface area contributed by atoms with Crippen LogP contribution in [0.15, 0.2) is 243 Å². The summed E-state index contributed by atoms with van der Waals surface area (Å²) >= 11 is 39.9. The van der Waals surface area contributed by atoms with Gasteiger partial charge in [-0.1, -0.05) is 305 Å². The Kier molecular flexibility index (Phi) is 43.6. The lowest BCUT2D eigenvalue weighted by Crippen LogP contribution is -2.55. The predicted molar refractivity (Wildman–Crippen MR) is 590 cm³/mol. The van der Waals surface area contributed by atoms with E-state index in [0.717, 1.165) is 142 Å². The summed E-state index contributed by atoms with van der Waals surface area (Å²) in [4.78, 5) is 0. The number of aliphatic hydroxyl groups excluding tert-OH is 5. The Bertz CT molecular complexity index is 5400. The molecule has 6 fully saturated rings. The van der Waals surface area contributed by atoms with Crippen LogP contribution in [0.4, 0.5) is 0 Å². The van der Waals surface area contributed by atoms with Gasteiger partial charge in [0, 0.05) is 61.2 Å². The van der Waals surface area contributed by atoms with Crippen molar-refractivity contribution in [3.05, 3.63) is 357 Å². The molecule has 6 saturated heterocycles. The zero-order valence-corrected chi connectivity index (χ0v) is 92.2. The normalized spacial score (nSPS) is 26.3. The van der Waals surface area contributed by atoms with E-state index in [2.05, 4.69) is 155 Å². The maximum atomic E-state index is 11.2. The van der Waals surface area contributed by atoms with Gasteiger partial charge in [-0.05, 0) is 286 Å². The topological polar surface area (TPSA) is 212 Å². The third-order valence-corrected chi connectivity index (χ3v) is 33.1. The summed E-state index contributed by atoms with van der Waals surface area (Å²) < 4.78 is 72.7. The average Bonchev–Trinajstić information content (AvgIpc) is 0.758. The van der Waals surface area contributed by atoms with Gasteiger partial charge in [0.25, 0.3) is 0 Å². The van der Waals surface area contributed by atoms with E-state index in [9.17, 15) is 25.5 Å². The SMILES string of the molecule is CCOc1ccc(Cc2cc(C3CC(C)CC(C)O3)ccc2Cl)cc1.CCOc1ccc(Cc2cc(C3CC(O)CC(C)O3)ccc2Cl)cc1.CCOc1ccc(Cc2cc(C3OC(CI)C(I)C(C)C3I)ccc2Cl)cc1.CCOc1ccc(Cc2cc(C3OC(CO)C(O)C(C)C3O)ccc2Cl)cc1.CCOc1ccc(Cc2cc(C3OC4COC(c5ccccc5)OC4C(C)C3O)ccc2Cl)cc1. The molecule has 25 heteroatoms. The van der Waals surface area contributed by atoms with E-state index in [1.165, 1.54) is 27.8 Å². The standard InChI is InChI=1S/C29H31ClO5.C22H24ClI3O2.C22H27ClO5.C22H27ClO2.C21H25ClO3/c1-3-32-23-12-9-19(10-13-23)15-22-16-21(11-14-24(22)30)28-26(31)18(2)27-25(34-28)17-33-29(35-27)20-7-5-4-6-8-20;2*1-3-27-17-7-4-14(5-8-17)10-16-11-15(6-9-18(16)23)22-21(26)13(2)20(25)19(12-24)28-22;1-4-24-20-8-5-17(6-9-20)13-19-14-18(7-10-21(19)23)22-12-15(2)11-16(3)25-22;1-3-24-19-7-4-15(5-8-19)11-17-12-16(6-9-20(17)22)21-13-18(23)10-14(2)25-21/h4-14,16,18,25-29,31H,3,15,17H2,1-2H3;4-9,11,13,19-22H,3,10,12H2,1-2H3;4-9,11,13,19-22,24-26H,3,10,12H2,1-2H3;5-10,14-16,22H,4,11-13H2,1-3H3;4-9,12,14,18,21,23H,3,10-11,13H2,1-2H3. The second kappa shape index (κ2) is 55.0. The van der Waals surface area contributed by atoms with Crippen LogP contribution in [0, 0.1) is 23.7 Å². The third kappa shape index (κ3) is 31.1. The van der Waals surface area contributed by atoms with Gasteiger partial charge in [0.2, 0.25) is 0 Å². The Morgan fingerprint density at radius 1 is 0.333 bits per heavy atom. The molecule has 0 aromatic heterocycles. The summed E-state index contributed by atoms with van der Waals surface area (Å²) in [7, 11) is 0. The molecule has 6 aliphatic heterocycles. The molecule has 22 atom stereocenters. The monoisotopic (exact) mass is 2350 g/mol. The summed E-state index contributed by atoms with van der Waals surface area (Å²) in [5.41, 5.74) is 17.3. The molecule has 11 aromatic carbocycles.